The van der Waals surface area contributed by atoms with Crippen LogP contribution in [0.3, 0.4) is 0 Å². The van der Waals surface area contributed by atoms with Crippen LogP contribution in [0.4, 0.5) is 0 Å². The van der Waals surface area contributed by atoms with Gasteiger partial charge in [-0.15, -0.1) is 0 Å². The van der Waals surface area contributed by atoms with Crippen LogP contribution in [-0.4, -0.2) is 5.78 Å². The van der Waals surface area contributed by atoms with E-state index in [0.717, 1.165) is 11.1 Å². The van der Waals surface area contributed by atoms with Crippen LogP contribution in [0, 0.1) is 0 Å². The highest BCUT2D eigenvalue weighted by molar-refractivity contribution is 5.97. The third kappa shape index (κ3) is 3.33. The molecule has 0 spiro atoms. The van der Waals surface area contributed by atoms with Crippen molar-refractivity contribution >= 4 is 5.78 Å². The molecular formula is C11H16O. The quantitative estimate of drug-likeness (QED) is 0.463. The van der Waals surface area contributed by atoms with Gasteiger partial charge >= 0.3 is 0 Å². The second kappa shape index (κ2) is 5.53. The maximum Gasteiger partial charge on any atom is 0.160 e. The largest absolute Gasteiger partial charge is 0.295 e. The van der Waals surface area contributed by atoms with Crippen molar-refractivity contribution in [3.63, 3.8) is 0 Å². The fourth-order valence-electron chi connectivity index (χ4n) is 0.874. The Hall–Kier alpha value is -1.11. The SMILES string of the molecule is CC=C(C)/C(=C\C=C/C)C(C)=O. The van der Waals surface area contributed by atoms with Gasteiger partial charge in [0, 0.05) is 5.57 Å². The molecule has 0 saturated carbocycles. The summed E-state index contributed by atoms with van der Waals surface area (Å²) in [4.78, 5) is 11.1. The van der Waals surface area contributed by atoms with E-state index in [4.69, 9.17) is 0 Å². The van der Waals surface area contributed by atoms with E-state index in [2.05, 4.69) is 0 Å². The molecule has 0 atom stereocenters. The van der Waals surface area contributed by atoms with Crippen molar-refractivity contribution in [2.75, 3.05) is 0 Å². The van der Waals surface area contributed by atoms with Gasteiger partial charge < -0.3 is 0 Å². The van der Waals surface area contributed by atoms with Crippen molar-refractivity contribution in [2.24, 2.45) is 0 Å². The summed E-state index contributed by atoms with van der Waals surface area (Å²) in [5.41, 5.74) is 1.82. The van der Waals surface area contributed by atoms with Gasteiger partial charge in [-0.3, -0.25) is 4.79 Å². The smallest absolute Gasteiger partial charge is 0.160 e. The summed E-state index contributed by atoms with van der Waals surface area (Å²) in [5.74, 6) is 0.115. The van der Waals surface area contributed by atoms with Crippen molar-refractivity contribution in [3.05, 3.63) is 35.5 Å². The van der Waals surface area contributed by atoms with E-state index < -0.39 is 0 Å². The second-order valence-electron chi connectivity index (χ2n) is 2.63. The lowest BCUT2D eigenvalue weighted by atomic mass is 10.0. The third-order valence-electron chi connectivity index (χ3n) is 1.69. The molecule has 0 aliphatic carbocycles. The lowest BCUT2D eigenvalue weighted by molar-refractivity contribution is -0.113. The summed E-state index contributed by atoms with van der Waals surface area (Å²) in [7, 11) is 0. The monoisotopic (exact) mass is 164 g/mol. The summed E-state index contributed by atoms with van der Waals surface area (Å²) >= 11 is 0. The first kappa shape index (κ1) is 10.9. The minimum absolute atomic E-state index is 0.115. The van der Waals surface area contributed by atoms with Crippen LogP contribution in [-0.2, 0) is 4.79 Å². The first-order valence-corrected chi connectivity index (χ1v) is 4.10. The zero-order valence-electron chi connectivity index (χ0n) is 8.22. The van der Waals surface area contributed by atoms with Crippen LogP contribution in [0.25, 0.3) is 0 Å². The van der Waals surface area contributed by atoms with Gasteiger partial charge in [0.05, 0.1) is 0 Å². The third-order valence-corrected chi connectivity index (χ3v) is 1.69. The molecule has 1 nitrogen and oxygen atoms in total. The molecule has 1 heteroatoms. The Bertz CT molecular complexity index is 242. The Kier molecular flexibility index (Phi) is 5.02. The van der Waals surface area contributed by atoms with E-state index in [9.17, 15) is 4.79 Å². The number of allylic oxidation sites excluding steroid dienone is 6. The summed E-state index contributed by atoms with van der Waals surface area (Å²) in [6.45, 7) is 7.39. The molecular weight excluding hydrogens is 148 g/mol. The number of carbonyl (C=O) groups is 1. The van der Waals surface area contributed by atoms with Crippen molar-refractivity contribution in [3.8, 4) is 0 Å². The lowest BCUT2D eigenvalue weighted by Crippen LogP contribution is -1.97. The summed E-state index contributed by atoms with van der Waals surface area (Å²) in [6, 6.07) is 0. The van der Waals surface area contributed by atoms with E-state index in [1.807, 2.05) is 45.1 Å². The van der Waals surface area contributed by atoms with Crippen molar-refractivity contribution in [1.29, 1.82) is 0 Å². The first-order valence-electron chi connectivity index (χ1n) is 4.10. The topological polar surface area (TPSA) is 17.1 Å². The molecule has 66 valence electrons. The van der Waals surface area contributed by atoms with Crippen LogP contribution in [0.5, 0.6) is 0 Å². The van der Waals surface area contributed by atoms with Crippen molar-refractivity contribution in [1.82, 2.24) is 0 Å². The number of hydrogen-bond acceptors (Lipinski definition) is 1. The molecule has 0 rings (SSSR count). The van der Waals surface area contributed by atoms with Gasteiger partial charge in [-0.1, -0.05) is 24.3 Å². The Morgan fingerprint density at radius 2 is 1.75 bits per heavy atom. The molecule has 0 aliphatic rings. The fraction of sp³-hybridized carbons (Fsp3) is 0.364. The minimum atomic E-state index is 0.115. The Labute approximate surface area is 74.5 Å². The molecule has 0 aromatic heterocycles. The van der Waals surface area contributed by atoms with E-state index in [-0.39, 0.29) is 5.78 Å². The zero-order chi connectivity index (χ0) is 9.56. The van der Waals surface area contributed by atoms with Gasteiger partial charge in [-0.2, -0.15) is 0 Å². The zero-order valence-corrected chi connectivity index (χ0v) is 8.22. The van der Waals surface area contributed by atoms with Gasteiger partial charge in [-0.05, 0) is 33.3 Å². The van der Waals surface area contributed by atoms with Crippen LogP contribution < -0.4 is 0 Å². The molecule has 0 bridgehead atoms. The first-order chi connectivity index (χ1) is 5.63. The molecule has 0 N–H and O–H groups in total. The standard InChI is InChI=1S/C11H16O/c1-5-7-8-11(10(4)12)9(3)6-2/h5-8H,1-4H3/b7-5-,9-6?,11-8+. The Morgan fingerprint density at radius 3 is 2.08 bits per heavy atom. The predicted octanol–water partition coefficient (Wildman–Crippen LogP) is 3.04. The van der Waals surface area contributed by atoms with Gasteiger partial charge in [0.15, 0.2) is 5.78 Å². The Balaban J connectivity index is 4.79. The van der Waals surface area contributed by atoms with Crippen molar-refractivity contribution < 1.29 is 4.79 Å². The van der Waals surface area contributed by atoms with Gasteiger partial charge in [-0.25, -0.2) is 0 Å². The molecule has 0 amide bonds. The van der Waals surface area contributed by atoms with Crippen LogP contribution in [0.2, 0.25) is 0 Å². The molecule has 0 saturated heterocycles. The van der Waals surface area contributed by atoms with Crippen molar-refractivity contribution in [2.45, 2.75) is 27.7 Å². The highest BCUT2D eigenvalue weighted by Gasteiger charge is 2.02. The highest BCUT2D eigenvalue weighted by atomic mass is 16.1. The highest BCUT2D eigenvalue weighted by Crippen LogP contribution is 2.09. The van der Waals surface area contributed by atoms with Gasteiger partial charge in [0.1, 0.15) is 0 Å². The molecule has 0 unspecified atom stereocenters. The maximum atomic E-state index is 11.1. The van der Waals surface area contributed by atoms with E-state index in [1.54, 1.807) is 6.92 Å². The number of rotatable bonds is 3. The van der Waals surface area contributed by atoms with Gasteiger partial charge in [0.2, 0.25) is 0 Å². The fourth-order valence-corrected chi connectivity index (χ4v) is 0.874. The number of hydrogen-bond donors (Lipinski definition) is 0. The molecule has 12 heavy (non-hydrogen) atoms. The van der Waals surface area contributed by atoms with E-state index in [1.165, 1.54) is 0 Å². The molecule has 0 aromatic rings. The maximum absolute atomic E-state index is 11.1. The molecule has 0 heterocycles. The number of carbonyl (C=O) groups excluding carboxylic acids is 1. The number of ketones is 1. The Morgan fingerprint density at radius 1 is 1.17 bits per heavy atom. The summed E-state index contributed by atoms with van der Waals surface area (Å²) < 4.78 is 0. The molecule has 0 fully saturated rings. The second-order valence-corrected chi connectivity index (χ2v) is 2.63. The van der Waals surface area contributed by atoms with E-state index >= 15 is 0 Å². The van der Waals surface area contributed by atoms with Crippen LogP contribution >= 0.6 is 0 Å². The normalized spacial score (nSPS) is 14.0. The summed E-state index contributed by atoms with van der Waals surface area (Å²) in [5, 5.41) is 0. The summed E-state index contributed by atoms with van der Waals surface area (Å²) in [6.07, 6.45) is 7.57. The van der Waals surface area contributed by atoms with Gasteiger partial charge in [0.25, 0.3) is 0 Å². The lowest BCUT2D eigenvalue weighted by Gasteiger charge is -2.00. The molecule has 0 radical (unpaired) electrons. The average Bonchev–Trinajstić information content (AvgIpc) is 2.04. The molecule has 0 aromatic carbocycles. The van der Waals surface area contributed by atoms with Crippen LogP contribution in [0.1, 0.15) is 27.7 Å². The number of Topliss-reactive ketones (excluding diaryl/α,β-unsaturated/α-hetero) is 1. The predicted molar refractivity (Wildman–Crippen MR) is 53.0 cm³/mol. The molecule has 0 aliphatic heterocycles. The van der Waals surface area contributed by atoms with Crippen LogP contribution in [0.15, 0.2) is 35.5 Å². The van der Waals surface area contributed by atoms with E-state index in [0.29, 0.717) is 0 Å². The average molecular weight is 164 g/mol. The minimum Gasteiger partial charge on any atom is -0.295 e.